The minimum Gasteiger partial charge on any atom is -0.493 e. The van der Waals surface area contributed by atoms with Crippen molar-refractivity contribution in [3.05, 3.63) is 23.8 Å². The molecular formula is C21H36IN5O3. The van der Waals surface area contributed by atoms with Crippen LogP contribution in [0.1, 0.15) is 32.3 Å². The van der Waals surface area contributed by atoms with Crippen LogP contribution in [0, 0.1) is 0 Å². The number of nitrogens with two attached hydrogens (primary N) is 1. The molecule has 0 aliphatic carbocycles. The molecule has 1 heterocycles. The first-order chi connectivity index (χ1) is 13.8. The van der Waals surface area contributed by atoms with E-state index in [0.717, 1.165) is 49.0 Å². The van der Waals surface area contributed by atoms with Crippen LogP contribution < -0.4 is 25.8 Å². The van der Waals surface area contributed by atoms with E-state index < -0.39 is 0 Å². The van der Waals surface area contributed by atoms with Crippen molar-refractivity contribution in [2.24, 2.45) is 10.7 Å². The number of likely N-dealkylation sites (tertiary alicyclic amines) is 1. The normalized spacial score (nSPS) is 15.8. The highest BCUT2D eigenvalue weighted by Crippen LogP contribution is 2.32. The summed E-state index contributed by atoms with van der Waals surface area (Å²) in [7, 11) is 5.06. The number of primary amides is 1. The third kappa shape index (κ3) is 7.50. The molecule has 0 aromatic heterocycles. The van der Waals surface area contributed by atoms with Crippen molar-refractivity contribution in [2.75, 3.05) is 47.4 Å². The lowest BCUT2D eigenvalue weighted by atomic mass is 9.84. The third-order valence-corrected chi connectivity index (χ3v) is 5.39. The van der Waals surface area contributed by atoms with Gasteiger partial charge in [0.25, 0.3) is 0 Å². The van der Waals surface area contributed by atoms with E-state index in [1.807, 2.05) is 12.1 Å². The number of guanidine groups is 1. The average Bonchev–Trinajstić information content (AvgIpc) is 2.71. The second-order valence-corrected chi connectivity index (χ2v) is 8.04. The van der Waals surface area contributed by atoms with Gasteiger partial charge in [0.15, 0.2) is 17.5 Å². The van der Waals surface area contributed by atoms with E-state index in [-0.39, 0.29) is 35.3 Å². The number of halogens is 1. The molecule has 170 valence electrons. The van der Waals surface area contributed by atoms with Gasteiger partial charge in [-0.05, 0) is 30.5 Å². The number of methoxy groups -OCH3 is 2. The Morgan fingerprint density at radius 2 is 1.87 bits per heavy atom. The van der Waals surface area contributed by atoms with Crippen molar-refractivity contribution in [3.8, 4) is 11.5 Å². The molecule has 2 rings (SSSR count). The van der Waals surface area contributed by atoms with Crippen LogP contribution in [0.5, 0.6) is 11.5 Å². The summed E-state index contributed by atoms with van der Waals surface area (Å²) >= 11 is 0. The highest BCUT2D eigenvalue weighted by molar-refractivity contribution is 14.0. The summed E-state index contributed by atoms with van der Waals surface area (Å²) in [5.41, 5.74) is 6.30. The molecule has 9 heteroatoms. The minimum absolute atomic E-state index is 0. The molecule has 0 unspecified atom stereocenters. The van der Waals surface area contributed by atoms with Gasteiger partial charge in [-0.3, -0.25) is 14.7 Å². The molecule has 1 amide bonds. The minimum atomic E-state index is -0.272. The zero-order valence-corrected chi connectivity index (χ0v) is 21.0. The fourth-order valence-corrected chi connectivity index (χ4v) is 3.51. The Hall–Kier alpha value is -1.75. The molecule has 1 fully saturated rings. The number of ether oxygens (including phenoxy) is 2. The fourth-order valence-electron chi connectivity index (χ4n) is 3.51. The van der Waals surface area contributed by atoms with Gasteiger partial charge in [-0.2, -0.15) is 0 Å². The molecule has 1 saturated heterocycles. The van der Waals surface area contributed by atoms with Crippen LogP contribution in [0.4, 0.5) is 0 Å². The lowest BCUT2D eigenvalue weighted by Crippen LogP contribution is -2.51. The maximum Gasteiger partial charge on any atom is 0.231 e. The summed E-state index contributed by atoms with van der Waals surface area (Å²) < 4.78 is 10.8. The Balaban J connectivity index is 0.00000450. The van der Waals surface area contributed by atoms with E-state index in [4.69, 9.17) is 15.2 Å². The number of hydrogen-bond donors (Lipinski definition) is 3. The first-order valence-corrected chi connectivity index (χ1v) is 9.99. The Morgan fingerprint density at radius 1 is 1.23 bits per heavy atom. The largest absolute Gasteiger partial charge is 0.493 e. The number of aliphatic imine (C=N–C) groups is 1. The monoisotopic (exact) mass is 533 g/mol. The predicted molar refractivity (Wildman–Crippen MR) is 131 cm³/mol. The highest BCUT2D eigenvalue weighted by atomic mass is 127. The van der Waals surface area contributed by atoms with Crippen LogP contribution in [0.15, 0.2) is 23.2 Å². The Kier molecular flexibility index (Phi) is 10.7. The number of benzene rings is 1. The second kappa shape index (κ2) is 12.2. The van der Waals surface area contributed by atoms with Gasteiger partial charge in [-0.15, -0.1) is 24.0 Å². The lowest BCUT2D eigenvalue weighted by Gasteiger charge is -2.33. The molecule has 30 heavy (non-hydrogen) atoms. The van der Waals surface area contributed by atoms with E-state index >= 15 is 0 Å². The number of amides is 1. The predicted octanol–water partition coefficient (Wildman–Crippen LogP) is 1.71. The van der Waals surface area contributed by atoms with Gasteiger partial charge in [-0.1, -0.05) is 19.9 Å². The molecule has 0 saturated carbocycles. The number of rotatable bonds is 8. The summed E-state index contributed by atoms with van der Waals surface area (Å²) in [5, 5.41) is 6.94. The van der Waals surface area contributed by atoms with E-state index in [2.05, 4.69) is 40.4 Å². The van der Waals surface area contributed by atoms with Gasteiger partial charge < -0.3 is 25.8 Å². The fraction of sp³-hybridized carbons (Fsp3) is 0.619. The van der Waals surface area contributed by atoms with Crippen LogP contribution in [0.25, 0.3) is 0 Å². The number of nitrogens with one attached hydrogen (secondary N) is 2. The molecule has 1 aromatic rings. The Labute approximate surface area is 197 Å². The quantitative estimate of drug-likeness (QED) is 0.267. The number of piperidine rings is 1. The Bertz CT molecular complexity index is 719. The summed E-state index contributed by atoms with van der Waals surface area (Å²) in [4.78, 5) is 17.5. The lowest BCUT2D eigenvalue weighted by molar-refractivity contribution is -0.119. The molecule has 1 aromatic carbocycles. The molecule has 0 atom stereocenters. The first-order valence-electron chi connectivity index (χ1n) is 9.99. The number of hydrogen-bond acceptors (Lipinski definition) is 5. The van der Waals surface area contributed by atoms with Crippen molar-refractivity contribution in [3.63, 3.8) is 0 Å². The van der Waals surface area contributed by atoms with Gasteiger partial charge in [0.2, 0.25) is 5.91 Å². The molecule has 1 aliphatic rings. The summed E-state index contributed by atoms with van der Waals surface area (Å²) in [5.74, 6) is 1.96. The van der Waals surface area contributed by atoms with Crippen molar-refractivity contribution in [1.82, 2.24) is 15.5 Å². The van der Waals surface area contributed by atoms with Crippen LogP contribution in [0.2, 0.25) is 0 Å². The smallest absolute Gasteiger partial charge is 0.231 e. The van der Waals surface area contributed by atoms with Gasteiger partial charge >= 0.3 is 0 Å². The molecule has 1 aliphatic heterocycles. The van der Waals surface area contributed by atoms with Gasteiger partial charge in [0.1, 0.15) is 0 Å². The molecule has 4 N–H and O–H groups in total. The zero-order valence-electron chi connectivity index (χ0n) is 18.7. The van der Waals surface area contributed by atoms with Crippen molar-refractivity contribution in [2.45, 2.75) is 38.1 Å². The standard InChI is InChI=1S/C21H35N5O3.HI/c1-21(2,15-6-7-17(28-4)18(12-15)29-5)14-24-20(23-3)25-16-8-10-26(11-9-16)13-19(22)27;/h6-7,12,16H,8-11,13-14H2,1-5H3,(H2,22,27)(H2,23,24,25);1H. The molecule has 0 bridgehead atoms. The van der Waals surface area contributed by atoms with E-state index in [0.29, 0.717) is 19.1 Å². The van der Waals surface area contributed by atoms with Crippen LogP contribution in [-0.2, 0) is 10.2 Å². The highest BCUT2D eigenvalue weighted by Gasteiger charge is 2.24. The molecule has 0 radical (unpaired) electrons. The number of nitrogens with zero attached hydrogens (tertiary/aromatic N) is 2. The van der Waals surface area contributed by atoms with Crippen LogP contribution in [0.3, 0.4) is 0 Å². The maximum atomic E-state index is 11.1. The van der Waals surface area contributed by atoms with E-state index in [9.17, 15) is 4.79 Å². The summed E-state index contributed by atoms with van der Waals surface area (Å²) in [6.07, 6.45) is 1.90. The molecular weight excluding hydrogens is 497 g/mol. The molecule has 0 spiro atoms. The topological polar surface area (TPSA) is 101 Å². The zero-order chi connectivity index (χ0) is 21.4. The number of carbonyl (C=O) groups is 1. The first kappa shape index (κ1) is 26.3. The van der Waals surface area contributed by atoms with Crippen LogP contribution >= 0.6 is 24.0 Å². The maximum absolute atomic E-state index is 11.1. The average molecular weight is 533 g/mol. The van der Waals surface area contributed by atoms with E-state index in [1.165, 1.54) is 0 Å². The van der Waals surface area contributed by atoms with Crippen molar-refractivity contribution >= 4 is 35.8 Å². The SMILES string of the molecule is CN=C(NCC(C)(C)c1ccc(OC)c(OC)c1)NC1CCN(CC(N)=O)CC1.I. The van der Waals surface area contributed by atoms with Gasteiger partial charge in [-0.25, -0.2) is 0 Å². The molecule has 8 nitrogen and oxygen atoms in total. The van der Waals surface area contributed by atoms with Crippen molar-refractivity contribution in [1.29, 1.82) is 0 Å². The summed E-state index contributed by atoms with van der Waals surface area (Å²) in [6, 6.07) is 6.34. The third-order valence-electron chi connectivity index (χ3n) is 5.39. The van der Waals surface area contributed by atoms with Crippen LogP contribution in [-0.4, -0.2) is 70.3 Å². The Morgan fingerprint density at radius 3 is 2.40 bits per heavy atom. The van der Waals surface area contributed by atoms with Crippen molar-refractivity contribution < 1.29 is 14.3 Å². The summed E-state index contributed by atoms with van der Waals surface area (Å²) in [6.45, 7) is 7.11. The number of carbonyl (C=O) groups excluding carboxylic acids is 1. The van der Waals surface area contributed by atoms with E-state index in [1.54, 1.807) is 21.3 Å². The van der Waals surface area contributed by atoms with Gasteiger partial charge in [0, 0.05) is 38.1 Å². The second-order valence-electron chi connectivity index (χ2n) is 8.04. The van der Waals surface area contributed by atoms with Gasteiger partial charge in [0.05, 0.1) is 20.8 Å².